The molecule has 3 aliphatic rings. The molecule has 6 nitrogen and oxygen atoms in total. The fraction of sp³-hybridized carbons (Fsp3) is 0.682. The summed E-state index contributed by atoms with van der Waals surface area (Å²) in [6, 6.07) is 0.290. The third-order valence-corrected chi connectivity index (χ3v) is 7.64. The topological polar surface area (TPSA) is 75.7 Å². The second-order valence-corrected chi connectivity index (χ2v) is 9.47. The molecule has 2 heterocycles. The molecule has 2 fully saturated rings. The van der Waals surface area contributed by atoms with E-state index in [1.165, 1.54) is 22.6 Å². The number of carbonyl (C=O) groups excluding carboxylic acids is 3. The molecule has 1 aliphatic heterocycles. The number of fused-ring (bicyclic) bond motifs is 1. The number of nitrogens with one attached hydrogen (secondary N) is 1. The fourth-order valence-electron chi connectivity index (χ4n) is 4.94. The van der Waals surface area contributed by atoms with Crippen molar-refractivity contribution in [3.63, 3.8) is 0 Å². The first kappa shape index (κ1) is 20.4. The van der Waals surface area contributed by atoms with Crippen LogP contribution < -0.4 is 5.32 Å². The first-order chi connectivity index (χ1) is 14.1. The molecule has 0 radical (unpaired) electrons. The molecule has 4 rings (SSSR count). The second-order valence-electron chi connectivity index (χ2n) is 8.36. The van der Waals surface area contributed by atoms with Crippen LogP contribution in [-0.2, 0) is 27.2 Å². The van der Waals surface area contributed by atoms with Gasteiger partial charge >= 0.3 is 5.97 Å². The quantitative estimate of drug-likeness (QED) is 0.736. The van der Waals surface area contributed by atoms with Crippen molar-refractivity contribution in [2.24, 2.45) is 5.92 Å². The number of hydrogen-bond donors (Lipinski definition) is 1. The van der Waals surface area contributed by atoms with Gasteiger partial charge in [0.15, 0.2) is 0 Å². The number of carbonyl (C=O) groups is 3. The number of ether oxygens (including phenoxy) is 1. The van der Waals surface area contributed by atoms with Crippen LogP contribution >= 0.6 is 11.3 Å². The number of anilines is 1. The monoisotopic (exact) mass is 418 g/mol. The molecule has 2 amide bonds. The molecule has 1 aromatic heterocycles. The van der Waals surface area contributed by atoms with Gasteiger partial charge in [0.2, 0.25) is 11.8 Å². The van der Waals surface area contributed by atoms with Crippen molar-refractivity contribution < 1.29 is 19.1 Å². The summed E-state index contributed by atoms with van der Waals surface area (Å²) in [6.45, 7) is 2.60. The summed E-state index contributed by atoms with van der Waals surface area (Å²) in [5.74, 6) is -0.763. The second kappa shape index (κ2) is 8.86. The number of aryl methyl sites for hydroxylation is 1. The standard InChI is InChI=1S/C22H30N2O4S/c1-2-28-22(27)19-16-10-6-7-11-17(16)29-21(19)23-20(26)14-12-18(25)24(13-14)15-8-4-3-5-9-15/h14-15H,2-13H2,1H3,(H,23,26). The lowest BCUT2D eigenvalue weighted by atomic mass is 9.94. The van der Waals surface area contributed by atoms with E-state index in [-0.39, 0.29) is 36.2 Å². The van der Waals surface area contributed by atoms with Gasteiger partial charge in [-0.25, -0.2) is 4.79 Å². The SMILES string of the molecule is CCOC(=O)c1c(NC(=O)C2CC(=O)N(C3CCCCC3)C2)sc2c1CCCC2. The molecule has 0 aromatic carbocycles. The van der Waals surface area contributed by atoms with Crippen LogP contribution in [0.2, 0.25) is 0 Å². The molecule has 29 heavy (non-hydrogen) atoms. The molecular weight excluding hydrogens is 388 g/mol. The molecule has 0 bridgehead atoms. The normalized spacial score (nSPS) is 22.4. The van der Waals surface area contributed by atoms with Gasteiger partial charge in [-0.1, -0.05) is 19.3 Å². The lowest BCUT2D eigenvalue weighted by molar-refractivity contribution is -0.130. The molecule has 0 spiro atoms. The summed E-state index contributed by atoms with van der Waals surface area (Å²) in [4.78, 5) is 41.2. The predicted molar refractivity (Wildman–Crippen MR) is 112 cm³/mol. The minimum atomic E-state index is -0.353. The van der Waals surface area contributed by atoms with Gasteiger partial charge in [0.05, 0.1) is 18.1 Å². The van der Waals surface area contributed by atoms with Crippen molar-refractivity contribution in [1.82, 2.24) is 4.90 Å². The predicted octanol–water partition coefficient (Wildman–Crippen LogP) is 3.92. The number of rotatable bonds is 5. The van der Waals surface area contributed by atoms with E-state index < -0.39 is 0 Å². The van der Waals surface area contributed by atoms with E-state index >= 15 is 0 Å². The molecule has 1 N–H and O–H groups in total. The first-order valence-electron chi connectivity index (χ1n) is 11.0. The highest BCUT2D eigenvalue weighted by molar-refractivity contribution is 7.17. The molecule has 1 saturated carbocycles. The number of amides is 2. The highest BCUT2D eigenvalue weighted by Crippen LogP contribution is 2.39. The van der Waals surface area contributed by atoms with Crippen molar-refractivity contribution in [2.45, 2.75) is 77.2 Å². The van der Waals surface area contributed by atoms with Gasteiger partial charge in [-0.15, -0.1) is 11.3 Å². The van der Waals surface area contributed by atoms with Crippen LogP contribution in [-0.4, -0.2) is 41.9 Å². The molecule has 1 saturated heterocycles. The Kier molecular flexibility index (Phi) is 6.23. The average Bonchev–Trinajstić information content (AvgIpc) is 3.29. The van der Waals surface area contributed by atoms with Gasteiger partial charge in [-0.2, -0.15) is 0 Å². The summed E-state index contributed by atoms with van der Waals surface area (Å²) in [6.07, 6.45) is 9.88. The number of hydrogen-bond acceptors (Lipinski definition) is 5. The van der Waals surface area contributed by atoms with Crippen LogP contribution in [0.15, 0.2) is 0 Å². The van der Waals surface area contributed by atoms with Crippen molar-refractivity contribution in [2.75, 3.05) is 18.5 Å². The number of nitrogens with zero attached hydrogens (tertiary/aromatic N) is 1. The van der Waals surface area contributed by atoms with E-state index in [2.05, 4.69) is 5.32 Å². The Morgan fingerprint density at radius 2 is 1.90 bits per heavy atom. The maximum absolute atomic E-state index is 13.0. The zero-order valence-electron chi connectivity index (χ0n) is 17.1. The summed E-state index contributed by atoms with van der Waals surface area (Å²) in [5.41, 5.74) is 1.58. The summed E-state index contributed by atoms with van der Waals surface area (Å²) in [7, 11) is 0. The molecule has 2 aliphatic carbocycles. The van der Waals surface area contributed by atoms with Crippen molar-refractivity contribution in [1.29, 1.82) is 0 Å². The van der Waals surface area contributed by atoms with Gasteiger partial charge in [0.25, 0.3) is 0 Å². The van der Waals surface area contributed by atoms with Crippen LogP contribution in [0.3, 0.4) is 0 Å². The largest absolute Gasteiger partial charge is 0.462 e. The van der Waals surface area contributed by atoms with E-state index in [4.69, 9.17) is 4.74 Å². The van der Waals surface area contributed by atoms with E-state index in [0.717, 1.165) is 56.9 Å². The fourth-order valence-corrected chi connectivity index (χ4v) is 6.22. The number of likely N-dealkylation sites (tertiary alicyclic amines) is 1. The third kappa shape index (κ3) is 4.20. The van der Waals surface area contributed by atoms with E-state index in [0.29, 0.717) is 23.7 Å². The summed E-state index contributed by atoms with van der Waals surface area (Å²) < 4.78 is 5.27. The lowest BCUT2D eigenvalue weighted by Gasteiger charge is -2.31. The van der Waals surface area contributed by atoms with E-state index in [9.17, 15) is 14.4 Å². The highest BCUT2D eigenvalue weighted by atomic mass is 32.1. The Balaban J connectivity index is 1.49. The van der Waals surface area contributed by atoms with Crippen LogP contribution in [0.25, 0.3) is 0 Å². The maximum Gasteiger partial charge on any atom is 0.341 e. The van der Waals surface area contributed by atoms with Crippen molar-refractivity contribution >= 4 is 34.1 Å². The van der Waals surface area contributed by atoms with E-state index in [1.54, 1.807) is 6.92 Å². The maximum atomic E-state index is 13.0. The molecule has 7 heteroatoms. The molecule has 1 aromatic rings. The summed E-state index contributed by atoms with van der Waals surface area (Å²) in [5, 5.41) is 3.59. The Morgan fingerprint density at radius 3 is 2.66 bits per heavy atom. The van der Waals surface area contributed by atoms with Crippen molar-refractivity contribution in [3.8, 4) is 0 Å². The molecule has 1 unspecified atom stereocenters. The summed E-state index contributed by atoms with van der Waals surface area (Å²) >= 11 is 1.50. The van der Waals surface area contributed by atoms with Crippen LogP contribution in [0.5, 0.6) is 0 Å². The number of esters is 1. The van der Waals surface area contributed by atoms with Gasteiger partial charge < -0.3 is 15.0 Å². The number of thiophene rings is 1. The Bertz CT molecular complexity index is 797. The zero-order valence-corrected chi connectivity index (χ0v) is 17.9. The smallest absolute Gasteiger partial charge is 0.341 e. The van der Waals surface area contributed by atoms with Crippen LogP contribution in [0.4, 0.5) is 5.00 Å². The minimum Gasteiger partial charge on any atom is -0.462 e. The van der Waals surface area contributed by atoms with Gasteiger partial charge in [0, 0.05) is 23.9 Å². The van der Waals surface area contributed by atoms with Crippen LogP contribution in [0, 0.1) is 5.92 Å². The van der Waals surface area contributed by atoms with Gasteiger partial charge in [-0.3, -0.25) is 9.59 Å². The van der Waals surface area contributed by atoms with Crippen LogP contribution in [0.1, 0.15) is 79.1 Å². The van der Waals surface area contributed by atoms with Gasteiger partial charge in [0.1, 0.15) is 5.00 Å². The average molecular weight is 419 g/mol. The third-order valence-electron chi connectivity index (χ3n) is 6.43. The minimum absolute atomic E-state index is 0.0909. The molecule has 1 atom stereocenters. The lowest BCUT2D eigenvalue weighted by Crippen LogP contribution is -2.38. The molecular formula is C22H30N2O4S. The zero-order chi connectivity index (χ0) is 20.4. The Hall–Kier alpha value is -1.89. The first-order valence-corrected chi connectivity index (χ1v) is 11.8. The van der Waals surface area contributed by atoms with Crippen molar-refractivity contribution in [3.05, 3.63) is 16.0 Å². The molecule has 158 valence electrons. The Labute approximate surface area is 176 Å². The van der Waals surface area contributed by atoms with E-state index in [1.807, 2.05) is 4.90 Å². The van der Waals surface area contributed by atoms with Gasteiger partial charge in [-0.05, 0) is 51.0 Å². The highest BCUT2D eigenvalue weighted by Gasteiger charge is 2.39. The Morgan fingerprint density at radius 1 is 1.14 bits per heavy atom.